The summed E-state index contributed by atoms with van der Waals surface area (Å²) in [5.74, 6) is -1.10. The van der Waals surface area contributed by atoms with Crippen molar-refractivity contribution < 1.29 is 14.3 Å². The van der Waals surface area contributed by atoms with Gasteiger partial charge in [0.1, 0.15) is 11.9 Å². The molecule has 2 atom stereocenters. The largest absolute Gasteiger partial charge is 0.480 e. The van der Waals surface area contributed by atoms with Crippen molar-refractivity contribution in [2.45, 2.75) is 31.3 Å². The van der Waals surface area contributed by atoms with Crippen molar-refractivity contribution in [3.8, 4) is 0 Å². The smallest absolute Gasteiger partial charge is 0.320 e. The summed E-state index contributed by atoms with van der Waals surface area (Å²) in [7, 11) is 0. The van der Waals surface area contributed by atoms with Crippen molar-refractivity contribution in [2.75, 3.05) is 6.54 Å². The van der Waals surface area contributed by atoms with Crippen LogP contribution >= 0.6 is 0 Å². The Labute approximate surface area is 135 Å². The zero-order valence-electron chi connectivity index (χ0n) is 12.9. The van der Waals surface area contributed by atoms with Crippen LogP contribution in [0.15, 0.2) is 54.6 Å². The van der Waals surface area contributed by atoms with Gasteiger partial charge in [-0.3, -0.25) is 9.69 Å². The van der Waals surface area contributed by atoms with Gasteiger partial charge >= 0.3 is 5.97 Å². The Kier molecular flexibility index (Phi) is 4.72. The average Bonchev–Trinajstić information content (AvgIpc) is 2.56. The summed E-state index contributed by atoms with van der Waals surface area (Å²) in [6.07, 6.45) is 2.51. The van der Waals surface area contributed by atoms with Gasteiger partial charge in [0, 0.05) is 0 Å². The molecule has 23 heavy (non-hydrogen) atoms. The molecule has 1 fully saturated rings. The molecule has 1 aliphatic heterocycles. The molecule has 3 rings (SSSR count). The number of hydrogen-bond donors (Lipinski definition) is 1. The molecule has 1 aliphatic rings. The molecule has 3 nitrogen and oxygen atoms in total. The molecule has 0 aliphatic carbocycles. The van der Waals surface area contributed by atoms with Crippen LogP contribution in [0.1, 0.15) is 36.4 Å². The molecular weight excluding hydrogens is 293 g/mol. The Bertz CT molecular complexity index is 674. The fourth-order valence-electron chi connectivity index (χ4n) is 3.42. The van der Waals surface area contributed by atoms with E-state index >= 15 is 0 Å². The second-order valence-corrected chi connectivity index (χ2v) is 5.96. The van der Waals surface area contributed by atoms with E-state index in [9.17, 15) is 14.3 Å². The van der Waals surface area contributed by atoms with Crippen LogP contribution in [0.25, 0.3) is 0 Å². The highest BCUT2D eigenvalue weighted by atomic mass is 19.1. The number of rotatable bonds is 4. The zero-order valence-corrected chi connectivity index (χ0v) is 12.9. The third-order valence-corrected chi connectivity index (χ3v) is 4.44. The Morgan fingerprint density at radius 2 is 1.83 bits per heavy atom. The van der Waals surface area contributed by atoms with Crippen LogP contribution in [0.2, 0.25) is 0 Å². The summed E-state index contributed by atoms with van der Waals surface area (Å²) in [5.41, 5.74) is 1.79. The first-order chi connectivity index (χ1) is 11.2. The van der Waals surface area contributed by atoms with Crippen molar-refractivity contribution in [3.05, 3.63) is 71.5 Å². The van der Waals surface area contributed by atoms with Crippen LogP contribution in [0.3, 0.4) is 0 Å². The lowest BCUT2D eigenvalue weighted by molar-refractivity contribution is -0.145. The van der Waals surface area contributed by atoms with Gasteiger partial charge in [-0.25, -0.2) is 4.39 Å². The summed E-state index contributed by atoms with van der Waals surface area (Å²) in [4.78, 5) is 13.7. The Morgan fingerprint density at radius 1 is 1.09 bits per heavy atom. The maximum atomic E-state index is 13.7. The highest BCUT2D eigenvalue weighted by Crippen LogP contribution is 2.34. The van der Waals surface area contributed by atoms with Gasteiger partial charge in [-0.15, -0.1) is 0 Å². The number of carbonyl (C=O) groups is 1. The van der Waals surface area contributed by atoms with Crippen molar-refractivity contribution in [1.82, 2.24) is 4.90 Å². The normalized spacial score (nSPS) is 20.1. The SMILES string of the molecule is O=C(O)C1CCCCN1C(c1ccccc1)c1cccc(F)c1. The topological polar surface area (TPSA) is 40.5 Å². The number of benzene rings is 2. The third kappa shape index (κ3) is 3.42. The molecule has 0 spiro atoms. The monoisotopic (exact) mass is 313 g/mol. The lowest BCUT2D eigenvalue weighted by atomic mass is 9.92. The Hall–Kier alpha value is -2.20. The minimum Gasteiger partial charge on any atom is -0.480 e. The number of carboxylic acid groups (broad SMARTS) is 1. The number of hydrogen-bond acceptors (Lipinski definition) is 2. The van der Waals surface area contributed by atoms with Gasteiger partial charge in [-0.2, -0.15) is 0 Å². The van der Waals surface area contributed by atoms with Crippen LogP contribution in [0.5, 0.6) is 0 Å². The molecule has 1 heterocycles. The van der Waals surface area contributed by atoms with E-state index < -0.39 is 12.0 Å². The van der Waals surface area contributed by atoms with Gasteiger partial charge in [0.15, 0.2) is 0 Å². The second kappa shape index (κ2) is 6.92. The standard InChI is InChI=1S/C19H20FNO2/c20-16-10-6-9-15(13-16)18(14-7-2-1-3-8-14)21-12-5-4-11-17(21)19(22)23/h1-3,6-10,13,17-18H,4-5,11-12H2,(H,22,23). The van der Waals surface area contributed by atoms with E-state index in [0.717, 1.165) is 24.0 Å². The molecule has 0 saturated carbocycles. The Balaban J connectivity index is 2.06. The molecule has 120 valence electrons. The number of halogens is 1. The molecule has 4 heteroatoms. The second-order valence-electron chi connectivity index (χ2n) is 5.96. The van der Waals surface area contributed by atoms with Gasteiger partial charge in [-0.05, 0) is 42.6 Å². The van der Waals surface area contributed by atoms with Crippen LogP contribution in [0, 0.1) is 5.82 Å². The first kappa shape index (κ1) is 15.7. The van der Waals surface area contributed by atoms with E-state index in [4.69, 9.17) is 0 Å². The summed E-state index contributed by atoms with van der Waals surface area (Å²) in [6, 6.07) is 15.4. The molecular formula is C19H20FNO2. The van der Waals surface area contributed by atoms with E-state index in [0.29, 0.717) is 13.0 Å². The van der Waals surface area contributed by atoms with E-state index in [1.54, 1.807) is 6.07 Å². The maximum absolute atomic E-state index is 13.7. The number of aliphatic carboxylic acids is 1. The molecule has 0 amide bonds. The van der Waals surface area contributed by atoms with Gasteiger partial charge < -0.3 is 5.11 Å². The minimum absolute atomic E-state index is 0.242. The first-order valence-electron chi connectivity index (χ1n) is 7.96. The van der Waals surface area contributed by atoms with Gasteiger partial charge in [0.2, 0.25) is 0 Å². The molecule has 2 aromatic carbocycles. The predicted octanol–water partition coefficient (Wildman–Crippen LogP) is 3.85. The molecule has 0 bridgehead atoms. The highest BCUT2D eigenvalue weighted by Gasteiger charge is 2.35. The van der Waals surface area contributed by atoms with E-state index in [-0.39, 0.29) is 11.9 Å². The van der Waals surface area contributed by atoms with Crippen molar-refractivity contribution in [3.63, 3.8) is 0 Å². The van der Waals surface area contributed by atoms with Crippen molar-refractivity contribution >= 4 is 5.97 Å². The fourth-order valence-corrected chi connectivity index (χ4v) is 3.42. The first-order valence-corrected chi connectivity index (χ1v) is 7.96. The van der Waals surface area contributed by atoms with Crippen LogP contribution in [-0.4, -0.2) is 28.6 Å². The number of carboxylic acids is 1. The predicted molar refractivity (Wildman–Crippen MR) is 86.7 cm³/mol. The number of piperidine rings is 1. The fraction of sp³-hybridized carbons (Fsp3) is 0.316. The van der Waals surface area contributed by atoms with Crippen LogP contribution in [-0.2, 0) is 4.79 Å². The maximum Gasteiger partial charge on any atom is 0.320 e. The van der Waals surface area contributed by atoms with Gasteiger partial charge in [-0.1, -0.05) is 48.9 Å². The molecule has 1 saturated heterocycles. The number of nitrogens with zero attached hydrogens (tertiary/aromatic N) is 1. The van der Waals surface area contributed by atoms with Crippen LogP contribution in [0.4, 0.5) is 4.39 Å². The summed E-state index contributed by atoms with van der Waals surface area (Å²) >= 11 is 0. The number of likely N-dealkylation sites (tertiary alicyclic amines) is 1. The van der Waals surface area contributed by atoms with Gasteiger partial charge in [0.25, 0.3) is 0 Å². The molecule has 1 N–H and O–H groups in total. The Morgan fingerprint density at radius 3 is 2.52 bits per heavy atom. The lowest BCUT2D eigenvalue weighted by Gasteiger charge is -2.39. The molecule has 2 aromatic rings. The highest BCUT2D eigenvalue weighted by molar-refractivity contribution is 5.73. The quantitative estimate of drug-likeness (QED) is 0.932. The molecule has 0 aromatic heterocycles. The summed E-state index contributed by atoms with van der Waals surface area (Å²) < 4.78 is 13.7. The van der Waals surface area contributed by atoms with E-state index in [1.165, 1.54) is 12.1 Å². The third-order valence-electron chi connectivity index (χ3n) is 4.44. The van der Waals surface area contributed by atoms with E-state index in [1.807, 2.05) is 41.3 Å². The zero-order chi connectivity index (χ0) is 16.2. The van der Waals surface area contributed by atoms with Crippen molar-refractivity contribution in [2.24, 2.45) is 0 Å². The lowest BCUT2D eigenvalue weighted by Crippen LogP contribution is -2.46. The molecule has 2 unspecified atom stereocenters. The van der Waals surface area contributed by atoms with E-state index in [2.05, 4.69) is 0 Å². The minimum atomic E-state index is -0.804. The van der Waals surface area contributed by atoms with Crippen molar-refractivity contribution in [1.29, 1.82) is 0 Å². The average molecular weight is 313 g/mol. The molecule has 0 radical (unpaired) electrons. The van der Waals surface area contributed by atoms with Gasteiger partial charge in [0.05, 0.1) is 6.04 Å². The summed E-state index contributed by atoms with van der Waals surface area (Å²) in [6.45, 7) is 0.701. The van der Waals surface area contributed by atoms with Crippen LogP contribution < -0.4 is 0 Å². The summed E-state index contributed by atoms with van der Waals surface area (Å²) in [5, 5.41) is 9.59.